The molecule has 8 heteroatoms. The first-order valence-corrected chi connectivity index (χ1v) is 10.8. The molecule has 0 fully saturated rings. The topological polar surface area (TPSA) is 89.1 Å². The van der Waals surface area contributed by atoms with Crippen molar-refractivity contribution in [3.63, 3.8) is 0 Å². The van der Waals surface area contributed by atoms with Crippen LogP contribution in [0.3, 0.4) is 0 Å². The number of allylic oxidation sites excluding steroid dienone is 1. The molecule has 1 N–H and O–H groups in total. The Balaban J connectivity index is 1.50. The summed E-state index contributed by atoms with van der Waals surface area (Å²) in [4.78, 5) is 14.7. The number of amides is 1. The van der Waals surface area contributed by atoms with Crippen LogP contribution >= 0.6 is 0 Å². The van der Waals surface area contributed by atoms with Crippen LogP contribution in [-0.2, 0) is 11.3 Å². The maximum Gasteiger partial charge on any atom is 0.251 e. The van der Waals surface area contributed by atoms with Crippen molar-refractivity contribution in [3.8, 4) is 0 Å². The van der Waals surface area contributed by atoms with Gasteiger partial charge >= 0.3 is 0 Å². The van der Waals surface area contributed by atoms with Gasteiger partial charge in [0.05, 0.1) is 18.5 Å². The third-order valence-electron chi connectivity index (χ3n) is 5.69. The van der Waals surface area contributed by atoms with Gasteiger partial charge in [-0.25, -0.2) is 0 Å². The highest BCUT2D eigenvalue weighted by Gasteiger charge is 2.31. The van der Waals surface area contributed by atoms with Gasteiger partial charge < -0.3 is 9.73 Å². The monoisotopic (exact) mass is 440 g/mol. The molecule has 0 saturated carbocycles. The molecule has 2 aromatic heterocycles. The Kier molecular flexibility index (Phi) is 5.48. The molecule has 0 aliphatic carbocycles. The van der Waals surface area contributed by atoms with Crippen molar-refractivity contribution in [2.75, 3.05) is 11.4 Å². The van der Waals surface area contributed by atoms with Crippen LogP contribution in [-0.4, -0.2) is 32.7 Å². The van der Waals surface area contributed by atoms with Gasteiger partial charge in [0.25, 0.3) is 5.95 Å². The fraction of sp³-hybridized carbons (Fsp3) is 0.200. The molecule has 0 saturated heterocycles. The minimum Gasteiger partial charge on any atom is -0.467 e. The number of nitrogens with one attached hydrogen (secondary N) is 1. The molecule has 0 radical (unpaired) electrons. The molecule has 1 amide bonds. The number of carbonyl (C=O) groups is 1. The average Bonchev–Trinajstić information content (AvgIpc) is 3.52. The number of hydrogen-bond donors (Lipinski definition) is 1. The van der Waals surface area contributed by atoms with Crippen LogP contribution in [0.25, 0.3) is 5.70 Å². The molecule has 33 heavy (non-hydrogen) atoms. The number of anilines is 1. The van der Waals surface area contributed by atoms with Crippen molar-refractivity contribution >= 4 is 17.6 Å². The molecule has 0 unspecified atom stereocenters. The van der Waals surface area contributed by atoms with Crippen molar-refractivity contribution in [1.29, 1.82) is 0 Å². The van der Waals surface area contributed by atoms with Crippen molar-refractivity contribution in [3.05, 3.63) is 101 Å². The molecule has 5 rings (SSSR count). The Bertz CT molecular complexity index is 1270. The molecule has 1 aliphatic rings. The van der Waals surface area contributed by atoms with Crippen LogP contribution in [0.2, 0.25) is 0 Å². The second kappa shape index (κ2) is 8.74. The Morgan fingerprint density at radius 2 is 1.76 bits per heavy atom. The maximum atomic E-state index is 12.9. The summed E-state index contributed by atoms with van der Waals surface area (Å²) in [5.41, 5.74) is 5.30. The van der Waals surface area contributed by atoms with E-state index in [1.54, 1.807) is 17.0 Å². The van der Waals surface area contributed by atoms with E-state index in [0.717, 1.165) is 22.4 Å². The van der Waals surface area contributed by atoms with Gasteiger partial charge in [-0.3, -0.25) is 9.69 Å². The van der Waals surface area contributed by atoms with Gasteiger partial charge in [0.15, 0.2) is 0 Å². The van der Waals surface area contributed by atoms with E-state index in [4.69, 9.17) is 4.42 Å². The second-order valence-electron chi connectivity index (χ2n) is 8.14. The summed E-state index contributed by atoms with van der Waals surface area (Å²) in [7, 11) is 0. The maximum absolute atomic E-state index is 12.9. The third kappa shape index (κ3) is 4.27. The number of fused-ring (bicyclic) bond motifs is 1. The summed E-state index contributed by atoms with van der Waals surface area (Å²) < 4.78 is 7.07. The average molecular weight is 441 g/mol. The number of nitrogens with zero attached hydrogens (tertiary/aromatic N) is 5. The highest BCUT2D eigenvalue weighted by Crippen LogP contribution is 2.36. The van der Waals surface area contributed by atoms with Crippen molar-refractivity contribution in [2.45, 2.75) is 26.4 Å². The zero-order valence-corrected chi connectivity index (χ0v) is 18.5. The van der Waals surface area contributed by atoms with E-state index in [2.05, 4.69) is 89.3 Å². The lowest BCUT2D eigenvalue weighted by Gasteiger charge is -2.32. The lowest BCUT2D eigenvalue weighted by atomic mass is 9.99. The van der Waals surface area contributed by atoms with Gasteiger partial charge in [-0.2, -0.15) is 4.68 Å². The highest BCUT2D eigenvalue weighted by atomic mass is 16.3. The SMILES string of the molecule is Cc1ccc(C2=C[C@@H](c3ccc(C)cc3)n3nnnc3N2CC(=O)NCc2ccco2)cc1. The summed E-state index contributed by atoms with van der Waals surface area (Å²) in [6.45, 7) is 4.50. The predicted molar refractivity (Wildman–Crippen MR) is 124 cm³/mol. The fourth-order valence-corrected chi connectivity index (χ4v) is 3.90. The molecular weight excluding hydrogens is 416 g/mol. The third-order valence-corrected chi connectivity index (χ3v) is 5.69. The molecule has 4 aromatic rings. The Labute approximate surface area is 191 Å². The van der Waals surface area contributed by atoms with E-state index in [1.807, 2.05) is 11.0 Å². The van der Waals surface area contributed by atoms with Crippen molar-refractivity contribution in [1.82, 2.24) is 25.5 Å². The number of furan rings is 1. The molecule has 1 aliphatic heterocycles. The number of tetrazole rings is 1. The van der Waals surface area contributed by atoms with E-state index in [1.165, 1.54) is 5.56 Å². The van der Waals surface area contributed by atoms with Gasteiger partial charge in [0.1, 0.15) is 18.3 Å². The summed E-state index contributed by atoms with van der Waals surface area (Å²) in [5, 5.41) is 15.4. The molecule has 2 aromatic carbocycles. The van der Waals surface area contributed by atoms with Crippen molar-refractivity contribution in [2.24, 2.45) is 0 Å². The van der Waals surface area contributed by atoms with Gasteiger partial charge in [-0.1, -0.05) is 64.8 Å². The smallest absolute Gasteiger partial charge is 0.251 e. The molecule has 1 atom stereocenters. The number of rotatable bonds is 6. The predicted octanol–water partition coefficient (Wildman–Crippen LogP) is 3.65. The standard InChI is InChI=1S/C25H24N6O2/c1-17-5-9-19(10-6-17)22-14-23(20-11-7-18(2)8-12-20)31-25(27-28-29-31)30(22)16-24(32)26-15-21-4-3-13-33-21/h3-14,23H,15-16H2,1-2H3,(H,26,32)/t23-/m0/s1. The number of aromatic nitrogens is 4. The minimum absolute atomic E-state index is 0.0708. The Morgan fingerprint density at radius 3 is 2.45 bits per heavy atom. The van der Waals surface area contributed by atoms with Crippen LogP contribution in [0.1, 0.15) is 34.1 Å². The van der Waals surface area contributed by atoms with Gasteiger partial charge in [0, 0.05) is 0 Å². The summed E-state index contributed by atoms with van der Waals surface area (Å²) >= 11 is 0. The Morgan fingerprint density at radius 1 is 1.03 bits per heavy atom. The highest BCUT2D eigenvalue weighted by molar-refractivity contribution is 5.89. The first kappa shape index (κ1) is 20.7. The Hall–Kier alpha value is -4.20. The lowest BCUT2D eigenvalue weighted by molar-refractivity contribution is -0.119. The minimum atomic E-state index is -0.186. The first-order chi connectivity index (χ1) is 16.1. The zero-order chi connectivity index (χ0) is 22.8. The summed E-state index contributed by atoms with van der Waals surface area (Å²) in [5.74, 6) is 1.06. The second-order valence-corrected chi connectivity index (χ2v) is 8.14. The van der Waals surface area contributed by atoms with Gasteiger partial charge in [0.2, 0.25) is 5.91 Å². The fourth-order valence-electron chi connectivity index (χ4n) is 3.90. The number of carbonyl (C=O) groups excluding carboxylic acids is 1. The van der Waals surface area contributed by atoms with Crippen LogP contribution in [0.5, 0.6) is 0 Å². The van der Waals surface area contributed by atoms with Crippen LogP contribution in [0.4, 0.5) is 5.95 Å². The largest absolute Gasteiger partial charge is 0.467 e. The molecule has 8 nitrogen and oxygen atoms in total. The van der Waals surface area contributed by atoms with Gasteiger partial charge in [-0.15, -0.1) is 0 Å². The first-order valence-electron chi connectivity index (χ1n) is 10.8. The van der Waals surface area contributed by atoms with Crippen LogP contribution < -0.4 is 10.2 Å². The molecule has 0 bridgehead atoms. The van der Waals surface area contributed by atoms with E-state index >= 15 is 0 Å². The van der Waals surface area contributed by atoms with Gasteiger partial charge in [-0.05, 0) is 53.6 Å². The van der Waals surface area contributed by atoms with Crippen molar-refractivity contribution < 1.29 is 9.21 Å². The van der Waals surface area contributed by atoms with E-state index in [0.29, 0.717) is 18.3 Å². The molecule has 0 spiro atoms. The number of benzene rings is 2. The lowest BCUT2D eigenvalue weighted by Crippen LogP contribution is -2.39. The van der Waals surface area contributed by atoms with Crippen LogP contribution in [0, 0.1) is 13.8 Å². The summed E-state index contributed by atoms with van der Waals surface area (Å²) in [6.07, 6.45) is 3.70. The molecule has 3 heterocycles. The molecular formula is C25H24N6O2. The number of aryl methyl sites for hydroxylation is 2. The van der Waals surface area contributed by atoms with E-state index < -0.39 is 0 Å². The van der Waals surface area contributed by atoms with Crippen LogP contribution in [0.15, 0.2) is 77.4 Å². The zero-order valence-electron chi connectivity index (χ0n) is 18.5. The van der Waals surface area contributed by atoms with E-state index in [9.17, 15) is 4.79 Å². The van der Waals surface area contributed by atoms with E-state index in [-0.39, 0.29) is 18.5 Å². The quantitative estimate of drug-likeness (QED) is 0.492. The summed E-state index contributed by atoms with van der Waals surface area (Å²) in [6, 6.07) is 20.0. The normalized spacial score (nSPS) is 15.2. The number of hydrogen-bond acceptors (Lipinski definition) is 6. The molecule has 166 valence electrons.